The van der Waals surface area contributed by atoms with Crippen molar-refractivity contribution < 1.29 is 4.39 Å². The lowest BCUT2D eigenvalue weighted by Crippen LogP contribution is -2.18. The number of hydrogen-bond acceptors (Lipinski definition) is 2. The highest BCUT2D eigenvalue weighted by molar-refractivity contribution is 6.30. The first kappa shape index (κ1) is 13.1. The lowest BCUT2D eigenvalue weighted by atomic mass is 10.1. The van der Waals surface area contributed by atoms with Crippen LogP contribution in [0, 0.1) is 5.82 Å². The zero-order chi connectivity index (χ0) is 13.1. The molecule has 1 aromatic carbocycles. The normalized spacial score (nSPS) is 12.7. The molecule has 0 saturated heterocycles. The highest BCUT2D eigenvalue weighted by Crippen LogP contribution is 2.23. The summed E-state index contributed by atoms with van der Waals surface area (Å²) in [5.74, 6) is 0.275. The summed E-state index contributed by atoms with van der Waals surface area (Å²) >= 11 is 5.65. The lowest BCUT2D eigenvalue weighted by molar-refractivity contribution is 0.602. The van der Waals surface area contributed by atoms with Gasteiger partial charge in [-0.05, 0) is 24.1 Å². The topological polar surface area (TPSA) is 43.8 Å². The Labute approximate surface area is 110 Å². The van der Waals surface area contributed by atoms with E-state index in [1.807, 2.05) is 10.8 Å². The van der Waals surface area contributed by atoms with E-state index >= 15 is 0 Å². The Morgan fingerprint density at radius 1 is 1.50 bits per heavy atom. The van der Waals surface area contributed by atoms with Crippen LogP contribution in [0.5, 0.6) is 0 Å². The fourth-order valence-corrected chi connectivity index (χ4v) is 2.00. The van der Waals surface area contributed by atoms with Crippen LogP contribution in [0.1, 0.15) is 30.8 Å². The van der Waals surface area contributed by atoms with Crippen molar-refractivity contribution in [2.24, 2.45) is 5.73 Å². The Bertz CT molecular complexity index is 539. The Morgan fingerprint density at radius 2 is 2.28 bits per heavy atom. The molecule has 3 nitrogen and oxygen atoms in total. The van der Waals surface area contributed by atoms with Gasteiger partial charge in [0.1, 0.15) is 11.6 Å². The van der Waals surface area contributed by atoms with Crippen molar-refractivity contribution in [2.75, 3.05) is 0 Å². The minimum atomic E-state index is -0.460. The van der Waals surface area contributed by atoms with Crippen LogP contribution in [0.15, 0.2) is 30.6 Å². The summed E-state index contributed by atoms with van der Waals surface area (Å²) in [5, 5.41) is 0.0999. The summed E-state index contributed by atoms with van der Waals surface area (Å²) in [6.07, 6.45) is 4.58. The zero-order valence-electron chi connectivity index (χ0n) is 10.1. The van der Waals surface area contributed by atoms with Gasteiger partial charge >= 0.3 is 0 Å². The molecule has 2 aromatic rings. The number of hydrogen-bond donors (Lipinski definition) is 1. The van der Waals surface area contributed by atoms with E-state index in [-0.39, 0.29) is 5.02 Å². The molecule has 0 spiro atoms. The maximum atomic E-state index is 13.4. The molecule has 5 heteroatoms. The summed E-state index contributed by atoms with van der Waals surface area (Å²) in [7, 11) is 0. The van der Waals surface area contributed by atoms with E-state index in [0.717, 1.165) is 18.8 Å². The van der Waals surface area contributed by atoms with Crippen molar-refractivity contribution in [2.45, 2.75) is 25.9 Å². The fourth-order valence-electron chi connectivity index (χ4n) is 1.88. The molecular formula is C13H15ClFN3. The second-order valence-electron chi connectivity index (χ2n) is 4.13. The number of aryl methyl sites for hydroxylation is 1. The number of nitrogens with two attached hydrogens (primary N) is 1. The van der Waals surface area contributed by atoms with Crippen LogP contribution >= 0.6 is 11.6 Å². The first-order valence-electron chi connectivity index (χ1n) is 5.85. The van der Waals surface area contributed by atoms with E-state index < -0.39 is 11.9 Å². The monoisotopic (exact) mass is 267 g/mol. The molecule has 0 bridgehead atoms. The van der Waals surface area contributed by atoms with Gasteiger partial charge in [-0.3, -0.25) is 0 Å². The third-order valence-corrected chi connectivity index (χ3v) is 3.10. The number of nitrogens with zero attached hydrogens (tertiary/aromatic N) is 2. The Hall–Kier alpha value is -1.39. The second-order valence-corrected chi connectivity index (χ2v) is 4.54. The molecule has 1 unspecified atom stereocenters. The van der Waals surface area contributed by atoms with Gasteiger partial charge in [-0.25, -0.2) is 9.37 Å². The van der Waals surface area contributed by atoms with Gasteiger partial charge in [0, 0.05) is 18.9 Å². The SMILES string of the molecule is CCCn1ccnc1C(N)c1ccc(Cl)c(F)c1. The van der Waals surface area contributed by atoms with Crippen molar-refractivity contribution in [3.8, 4) is 0 Å². The smallest absolute Gasteiger partial charge is 0.142 e. The average Bonchev–Trinajstić information content (AvgIpc) is 2.80. The van der Waals surface area contributed by atoms with Crippen LogP contribution in [-0.2, 0) is 6.54 Å². The third kappa shape index (κ3) is 2.54. The quantitative estimate of drug-likeness (QED) is 0.925. The summed E-state index contributed by atoms with van der Waals surface area (Å²) in [6.45, 7) is 2.93. The first-order valence-corrected chi connectivity index (χ1v) is 6.22. The molecular weight excluding hydrogens is 253 g/mol. The number of imidazole rings is 1. The van der Waals surface area contributed by atoms with Crippen molar-refractivity contribution in [3.05, 3.63) is 52.8 Å². The molecule has 0 aliphatic rings. The van der Waals surface area contributed by atoms with Gasteiger partial charge in [-0.1, -0.05) is 24.6 Å². The molecule has 2 rings (SSSR count). The van der Waals surface area contributed by atoms with E-state index in [1.165, 1.54) is 12.1 Å². The zero-order valence-corrected chi connectivity index (χ0v) is 10.9. The number of halogens is 2. The molecule has 0 aliphatic carbocycles. The van der Waals surface area contributed by atoms with E-state index in [4.69, 9.17) is 17.3 Å². The summed E-state index contributed by atoms with van der Waals surface area (Å²) in [4.78, 5) is 4.25. The average molecular weight is 268 g/mol. The van der Waals surface area contributed by atoms with Crippen molar-refractivity contribution in [3.63, 3.8) is 0 Å². The fraction of sp³-hybridized carbons (Fsp3) is 0.308. The maximum Gasteiger partial charge on any atom is 0.142 e. The van der Waals surface area contributed by atoms with Crippen molar-refractivity contribution >= 4 is 11.6 Å². The molecule has 96 valence electrons. The molecule has 0 amide bonds. The molecule has 1 aromatic heterocycles. The number of aromatic nitrogens is 2. The third-order valence-electron chi connectivity index (χ3n) is 2.79. The summed E-state index contributed by atoms with van der Waals surface area (Å²) in [5.41, 5.74) is 6.78. The van der Waals surface area contributed by atoms with Crippen molar-refractivity contribution in [1.82, 2.24) is 9.55 Å². The van der Waals surface area contributed by atoms with Gasteiger partial charge in [0.15, 0.2) is 0 Å². The van der Waals surface area contributed by atoms with Crippen LogP contribution in [0.3, 0.4) is 0 Å². The van der Waals surface area contributed by atoms with E-state index in [2.05, 4.69) is 11.9 Å². The van der Waals surface area contributed by atoms with Gasteiger partial charge in [0.05, 0.1) is 11.1 Å². The lowest BCUT2D eigenvalue weighted by Gasteiger charge is -2.14. The van der Waals surface area contributed by atoms with Gasteiger partial charge in [0.25, 0.3) is 0 Å². The largest absolute Gasteiger partial charge is 0.333 e. The molecule has 0 saturated carbocycles. The van der Waals surface area contributed by atoms with E-state index in [9.17, 15) is 4.39 Å². The van der Waals surface area contributed by atoms with E-state index in [0.29, 0.717) is 5.56 Å². The minimum absolute atomic E-state index is 0.0999. The Morgan fingerprint density at radius 3 is 2.94 bits per heavy atom. The first-order chi connectivity index (χ1) is 8.63. The number of benzene rings is 1. The standard InChI is InChI=1S/C13H15ClFN3/c1-2-6-18-7-5-17-13(18)12(16)9-3-4-10(14)11(15)8-9/h3-5,7-8,12H,2,6,16H2,1H3. The molecule has 18 heavy (non-hydrogen) atoms. The Kier molecular flexibility index (Phi) is 3.99. The van der Waals surface area contributed by atoms with E-state index in [1.54, 1.807) is 12.3 Å². The maximum absolute atomic E-state index is 13.4. The molecule has 0 fully saturated rings. The predicted octanol–water partition coefficient (Wildman–Crippen LogP) is 3.13. The van der Waals surface area contributed by atoms with Gasteiger partial charge in [-0.2, -0.15) is 0 Å². The molecule has 0 radical (unpaired) electrons. The molecule has 0 aliphatic heterocycles. The highest BCUT2D eigenvalue weighted by atomic mass is 35.5. The number of rotatable bonds is 4. The van der Waals surface area contributed by atoms with Crippen LogP contribution in [0.2, 0.25) is 5.02 Å². The summed E-state index contributed by atoms with van der Waals surface area (Å²) in [6, 6.07) is 4.15. The van der Waals surface area contributed by atoms with Crippen LogP contribution < -0.4 is 5.73 Å². The molecule has 1 atom stereocenters. The van der Waals surface area contributed by atoms with Crippen LogP contribution in [-0.4, -0.2) is 9.55 Å². The van der Waals surface area contributed by atoms with Gasteiger partial charge in [0.2, 0.25) is 0 Å². The Balaban J connectivity index is 2.32. The van der Waals surface area contributed by atoms with Crippen LogP contribution in [0.4, 0.5) is 4.39 Å². The van der Waals surface area contributed by atoms with Gasteiger partial charge in [-0.15, -0.1) is 0 Å². The summed E-state index contributed by atoms with van der Waals surface area (Å²) < 4.78 is 15.4. The van der Waals surface area contributed by atoms with Crippen LogP contribution in [0.25, 0.3) is 0 Å². The minimum Gasteiger partial charge on any atom is -0.333 e. The second kappa shape index (κ2) is 5.50. The predicted molar refractivity (Wildman–Crippen MR) is 70.0 cm³/mol. The molecule has 1 heterocycles. The van der Waals surface area contributed by atoms with Crippen molar-refractivity contribution in [1.29, 1.82) is 0 Å². The molecule has 2 N–H and O–H groups in total. The van der Waals surface area contributed by atoms with Gasteiger partial charge < -0.3 is 10.3 Å². The highest BCUT2D eigenvalue weighted by Gasteiger charge is 2.15.